The second kappa shape index (κ2) is 6.71. The fraction of sp³-hybridized carbons (Fsp3) is 0.235. The first-order valence-electron chi connectivity index (χ1n) is 6.49. The van der Waals surface area contributed by atoms with E-state index in [1.54, 1.807) is 7.11 Å². The monoisotopic (exact) mass is 332 g/mol. The Labute approximate surface area is 127 Å². The number of methoxy groups -OCH3 is 1. The highest BCUT2D eigenvalue weighted by molar-refractivity contribution is 9.10. The molecule has 0 spiro atoms. The van der Waals surface area contributed by atoms with Crippen molar-refractivity contribution in [2.45, 2.75) is 19.8 Å². The van der Waals surface area contributed by atoms with Crippen LogP contribution in [0.15, 0.2) is 46.9 Å². The largest absolute Gasteiger partial charge is 0.496 e. The van der Waals surface area contributed by atoms with Crippen molar-refractivity contribution in [2.75, 3.05) is 7.11 Å². The molecule has 2 rings (SSSR count). The molecule has 0 bridgehead atoms. The SMILES string of the molecule is COc1ccc(C)cc1CC(=O)Cc1ccccc1Br. The number of rotatable bonds is 5. The number of carbonyl (C=O) groups excluding carboxylic acids is 1. The minimum atomic E-state index is 0.181. The number of ether oxygens (including phenoxy) is 1. The summed E-state index contributed by atoms with van der Waals surface area (Å²) in [6.07, 6.45) is 0.824. The van der Waals surface area contributed by atoms with Gasteiger partial charge in [-0.1, -0.05) is 51.8 Å². The summed E-state index contributed by atoms with van der Waals surface area (Å²) in [6.45, 7) is 2.02. The van der Waals surface area contributed by atoms with Gasteiger partial charge >= 0.3 is 0 Å². The quantitative estimate of drug-likeness (QED) is 0.823. The first kappa shape index (κ1) is 14.8. The molecule has 0 radical (unpaired) electrons. The fourth-order valence-corrected chi connectivity index (χ4v) is 2.60. The van der Waals surface area contributed by atoms with Gasteiger partial charge in [-0.05, 0) is 24.6 Å². The number of aryl methyl sites for hydroxylation is 1. The minimum absolute atomic E-state index is 0.181. The molecule has 20 heavy (non-hydrogen) atoms. The van der Waals surface area contributed by atoms with E-state index in [1.807, 2.05) is 49.4 Å². The van der Waals surface area contributed by atoms with E-state index in [0.717, 1.165) is 26.9 Å². The summed E-state index contributed by atoms with van der Waals surface area (Å²) in [7, 11) is 1.63. The Morgan fingerprint density at radius 3 is 2.50 bits per heavy atom. The van der Waals surface area contributed by atoms with Crippen LogP contribution in [0, 0.1) is 6.92 Å². The molecule has 0 aliphatic carbocycles. The average molecular weight is 333 g/mol. The summed E-state index contributed by atoms with van der Waals surface area (Å²) in [5.41, 5.74) is 3.10. The van der Waals surface area contributed by atoms with E-state index < -0.39 is 0 Å². The summed E-state index contributed by atoms with van der Waals surface area (Å²) in [6, 6.07) is 13.7. The van der Waals surface area contributed by atoms with E-state index in [0.29, 0.717) is 12.8 Å². The Hall–Kier alpha value is -1.61. The van der Waals surface area contributed by atoms with Crippen molar-refractivity contribution in [3.63, 3.8) is 0 Å². The summed E-state index contributed by atoms with van der Waals surface area (Å²) < 4.78 is 6.29. The zero-order valence-corrected chi connectivity index (χ0v) is 13.2. The van der Waals surface area contributed by atoms with Crippen molar-refractivity contribution in [1.82, 2.24) is 0 Å². The predicted octanol–water partition coefficient (Wildman–Crippen LogP) is 4.12. The van der Waals surface area contributed by atoms with Crippen LogP contribution in [0.25, 0.3) is 0 Å². The predicted molar refractivity (Wildman–Crippen MR) is 84.3 cm³/mol. The molecule has 0 amide bonds. The first-order chi connectivity index (χ1) is 9.60. The Kier molecular flexibility index (Phi) is 4.96. The van der Waals surface area contributed by atoms with E-state index >= 15 is 0 Å². The van der Waals surface area contributed by atoms with E-state index in [9.17, 15) is 4.79 Å². The molecule has 0 heterocycles. The third kappa shape index (κ3) is 3.70. The van der Waals surface area contributed by atoms with Gasteiger partial charge in [-0.2, -0.15) is 0 Å². The summed E-state index contributed by atoms with van der Waals surface area (Å²) in [5.74, 6) is 0.955. The molecule has 0 fully saturated rings. The fourth-order valence-electron chi connectivity index (χ4n) is 2.17. The molecule has 0 atom stereocenters. The molecule has 0 saturated carbocycles. The topological polar surface area (TPSA) is 26.3 Å². The van der Waals surface area contributed by atoms with Crippen molar-refractivity contribution in [3.8, 4) is 5.75 Å². The van der Waals surface area contributed by atoms with Crippen LogP contribution in [0.3, 0.4) is 0 Å². The van der Waals surface area contributed by atoms with Crippen LogP contribution in [-0.4, -0.2) is 12.9 Å². The molecule has 0 N–H and O–H groups in total. The molecule has 0 aromatic heterocycles. The van der Waals surface area contributed by atoms with E-state index in [1.165, 1.54) is 0 Å². The van der Waals surface area contributed by atoms with Crippen molar-refractivity contribution < 1.29 is 9.53 Å². The van der Waals surface area contributed by atoms with Crippen LogP contribution in [0.4, 0.5) is 0 Å². The van der Waals surface area contributed by atoms with Gasteiger partial charge in [0.15, 0.2) is 0 Å². The van der Waals surface area contributed by atoms with Gasteiger partial charge in [0.2, 0.25) is 0 Å². The standard InChI is InChI=1S/C17H17BrO2/c1-12-7-8-17(20-2)14(9-12)11-15(19)10-13-5-3-4-6-16(13)18/h3-9H,10-11H2,1-2H3. The molecule has 2 aromatic carbocycles. The highest BCUT2D eigenvalue weighted by Gasteiger charge is 2.11. The molecule has 3 heteroatoms. The maximum atomic E-state index is 12.2. The van der Waals surface area contributed by atoms with Gasteiger partial charge in [-0.15, -0.1) is 0 Å². The second-order valence-corrected chi connectivity index (χ2v) is 5.65. The number of halogens is 1. The van der Waals surface area contributed by atoms with Gasteiger partial charge in [0.25, 0.3) is 0 Å². The molecular formula is C17H17BrO2. The maximum absolute atomic E-state index is 12.2. The zero-order chi connectivity index (χ0) is 14.5. The van der Waals surface area contributed by atoms with Crippen LogP contribution in [0.1, 0.15) is 16.7 Å². The number of Topliss-reactive ketones (excluding diaryl/α,β-unsaturated/α-hetero) is 1. The average Bonchev–Trinajstić information content (AvgIpc) is 2.41. The van der Waals surface area contributed by atoms with Crippen molar-refractivity contribution in [2.24, 2.45) is 0 Å². The van der Waals surface area contributed by atoms with Gasteiger partial charge < -0.3 is 4.74 Å². The molecular weight excluding hydrogens is 316 g/mol. The Bertz CT molecular complexity index is 620. The van der Waals surface area contributed by atoms with Gasteiger partial charge in [0.1, 0.15) is 11.5 Å². The van der Waals surface area contributed by atoms with Crippen LogP contribution < -0.4 is 4.74 Å². The molecule has 0 aliphatic rings. The second-order valence-electron chi connectivity index (χ2n) is 4.80. The van der Waals surface area contributed by atoms with Crippen LogP contribution in [0.5, 0.6) is 5.75 Å². The minimum Gasteiger partial charge on any atom is -0.496 e. The molecule has 0 aliphatic heterocycles. The summed E-state index contributed by atoms with van der Waals surface area (Å²) >= 11 is 3.47. The third-order valence-corrected chi connectivity index (χ3v) is 3.94. The lowest BCUT2D eigenvalue weighted by molar-refractivity contribution is -0.117. The molecule has 104 valence electrons. The Morgan fingerprint density at radius 2 is 1.80 bits per heavy atom. The maximum Gasteiger partial charge on any atom is 0.141 e. The number of hydrogen-bond acceptors (Lipinski definition) is 2. The molecule has 2 nitrogen and oxygen atoms in total. The summed E-state index contributed by atoms with van der Waals surface area (Å²) in [4.78, 5) is 12.2. The van der Waals surface area contributed by atoms with E-state index in [2.05, 4.69) is 15.9 Å². The van der Waals surface area contributed by atoms with Crippen LogP contribution in [0.2, 0.25) is 0 Å². The lowest BCUT2D eigenvalue weighted by Crippen LogP contribution is -2.08. The van der Waals surface area contributed by atoms with Gasteiger partial charge in [-0.25, -0.2) is 0 Å². The van der Waals surface area contributed by atoms with Crippen molar-refractivity contribution in [1.29, 1.82) is 0 Å². The van der Waals surface area contributed by atoms with Gasteiger partial charge in [0.05, 0.1) is 7.11 Å². The normalized spacial score (nSPS) is 10.3. The Balaban J connectivity index is 2.12. The van der Waals surface area contributed by atoms with E-state index in [4.69, 9.17) is 4.74 Å². The lowest BCUT2D eigenvalue weighted by atomic mass is 10.0. The Morgan fingerprint density at radius 1 is 1.10 bits per heavy atom. The smallest absolute Gasteiger partial charge is 0.141 e. The number of ketones is 1. The van der Waals surface area contributed by atoms with Crippen LogP contribution in [-0.2, 0) is 17.6 Å². The van der Waals surface area contributed by atoms with Crippen molar-refractivity contribution >= 4 is 21.7 Å². The molecule has 0 saturated heterocycles. The number of benzene rings is 2. The third-order valence-electron chi connectivity index (χ3n) is 3.17. The highest BCUT2D eigenvalue weighted by Crippen LogP contribution is 2.22. The summed E-state index contributed by atoms with van der Waals surface area (Å²) in [5, 5.41) is 0. The van der Waals surface area contributed by atoms with Crippen LogP contribution >= 0.6 is 15.9 Å². The van der Waals surface area contributed by atoms with Gasteiger partial charge in [0, 0.05) is 22.9 Å². The molecule has 0 unspecified atom stereocenters. The number of carbonyl (C=O) groups is 1. The van der Waals surface area contributed by atoms with Crippen molar-refractivity contribution in [3.05, 3.63) is 63.6 Å². The highest BCUT2D eigenvalue weighted by atomic mass is 79.9. The van der Waals surface area contributed by atoms with E-state index in [-0.39, 0.29) is 5.78 Å². The molecule has 2 aromatic rings. The number of hydrogen-bond donors (Lipinski definition) is 0. The first-order valence-corrected chi connectivity index (χ1v) is 7.28. The lowest BCUT2D eigenvalue weighted by Gasteiger charge is -2.09. The van der Waals surface area contributed by atoms with Gasteiger partial charge in [-0.3, -0.25) is 4.79 Å². The zero-order valence-electron chi connectivity index (χ0n) is 11.7.